The van der Waals surface area contributed by atoms with Crippen molar-refractivity contribution in [3.8, 4) is 0 Å². The van der Waals surface area contributed by atoms with E-state index in [1.807, 2.05) is 0 Å². The van der Waals surface area contributed by atoms with E-state index in [2.05, 4.69) is 38.7 Å². The first-order valence-corrected chi connectivity index (χ1v) is 3.72. The van der Waals surface area contributed by atoms with Crippen LogP contribution in [0.25, 0.3) is 0 Å². The molecule has 1 atom stereocenters. The van der Waals surface area contributed by atoms with Gasteiger partial charge in [-0.3, -0.25) is 0 Å². The largest absolute Gasteiger partial charge is 0.129 e. The predicted molar refractivity (Wildman–Crippen MR) is 42.4 cm³/mol. The third kappa shape index (κ3) is 5.39. The summed E-state index contributed by atoms with van der Waals surface area (Å²) in [6.07, 6.45) is 6.49. The zero-order valence-electron chi connectivity index (χ0n) is 6.65. The Morgan fingerprint density at radius 2 is 2.11 bits per heavy atom. The van der Waals surface area contributed by atoms with E-state index in [1.165, 1.54) is 6.42 Å². The molecule has 0 heterocycles. The molecular weight excluding hydrogens is 108 g/mol. The Hall–Kier alpha value is -0.480. The molecular formula is C9H16. The molecule has 0 heteroatoms. The summed E-state index contributed by atoms with van der Waals surface area (Å²) in [4.78, 5) is 0. The predicted octanol–water partition coefficient (Wildman–Crippen LogP) is 3.15. The molecule has 0 fully saturated rings. The van der Waals surface area contributed by atoms with E-state index in [9.17, 15) is 0 Å². The minimum atomic E-state index is 0.688. The Balaban J connectivity index is 3.55. The van der Waals surface area contributed by atoms with Crippen molar-refractivity contribution in [2.24, 2.45) is 5.92 Å². The highest BCUT2D eigenvalue weighted by Gasteiger charge is 1.86. The molecule has 0 spiro atoms. The van der Waals surface area contributed by atoms with Crippen LogP contribution >= 0.6 is 0 Å². The zero-order chi connectivity index (χ0) is 7.11. The second kappa shape index (κ2) is 5.65. The van der Waals surface area contributed by atoms with Crippen molar-refractivity contribution in [2.75, 3.05) is 0 Å². The Morgan fingerprint density at radius 1 is 1.44 bits per heavy atom. The van der Waals surface area contributed by atoms with Crippen molar-refractivity contribution in [2.45, 2.75) is 33.6 Å². The normalized spacial score (nSPS) is 11.9. The second-order valence-corrected chi connectivity index (χ2v) is 2.33. The zero-order valence-corrected chi connectivity index (χ0v) is 6.65. The van der Waals surface area contributed by atoms with Crippen LogP contribution in [0.3, 0.4) is 0 Å². The maximum absolute atomic E-state index is 3.14. The smallest absolute Gasteiger partial charge is 0.0189 e. The third-order valence-electron chi connectivity index (χ3n) is 1.35. The SMILES string of the molecule is CCC=C=CC(C)CC. The van der Waals surface area contributed by atoms with Crippen LogP contribution < -0.4 is 0 Å². The van der Waals surface area contributed by atoms with Crippen LogP contribution in [-0.4, -0.2) is 0 Å². The maximum atomic E-state index is 3.14. The summed E-state index contributed by atoms with van der Waals surface area (Å²) in [6, 6.07) is 0. The third-order valence-corrected chi connectivity index (χ3v) is 1.35. The van der Waals surface area contributed by atoms with Crippen LogP contribution in [0.5, 0.6) is 0 Å². The summed E-state index contributed by atoms with van der Waals surface area (Å²) in [5.41, 5.74) is 3.14. The summed E-state index contributed by atoms with van der Waals surface area (Å²) in [7, 11) is 0. The highest BCUT2D eigenvalue weighted by molar-refractivity contribution is 4.86. The molecule has 0 aromatic carbocycles. The molecule has 0 radical (unpaired) electrons. The lowest BCUT2D eigenvalue weighted by Gasteiger charge is -1.94. The van der Waals surface area contributed by atoms with Crippen LogP contribution in [0.1, 0.15) is 33.6 Å². The summed E-state index contributed by atoms with van der Waals surface area (Å²) in [5, 5.41) is 0. The Labute approximate surface area is 58.3 Å². The molecule has 0 bridgehead atoms. The monoisotopic (exact) mass is 124 g/mol. The van der Waals surface area contributed by atoms with E-state index in [4.69, 9.17) is 0 Å². The average Bonchev–Trinajstić information content (AvgIpc) is 1.89. The van der Waals surface area contributed by atoms with Gasteiger partial charge in [-0.15, -0.1) is 5.73 Å². The van der Waals surface area contributed by atoms with Crippen molar-refractivity contribution in [3.63, 3.8) is 0 Å². The first kappa shape index (κ1) is 8.52. The van der Waals surface area contributed by atoms with Gasteiger partial charge < -0.3 is 0 Å². The topological polar surface area (TPSA) is 0 Å². The van der Waals surface area contributed by atoms with Gasteiger partial charge in [0.2, 0.25) is 0 Å². The Kier molecular flexibility index (Phi) is 5.35. The van der Waals surface area contributed by atoms with Crippen molar-refractivity contribution in [3.05, 3.63) is 17.9 Å². The fraction of sp³-hybridized carbons (Fsp3) is 0.667. The molecule has 0 N–H and O–H groups in total. The molecule has 0 amide bonds. The van der Waals surface area contributed by atoms with Crippen LogP contribution in [0.4, 0.5) is 0 Å². The molecule has 0 saturated heterocycles. The number of hydrogen-bond acceptors (Lipinski definition) is 0. The first-order valence-electron chi connectivity index (χ1n) is 3.72. The van der Waals surface area contributed by atoms with Crippen molar-refractivity contribution >= 4 is 0 Å². The second-order valence-electron chi connectivity index (χ2n) is 2.33. The molecule has 0 aromatic rings. The molecule has 52 valence electrons. The Morgan fingerprint density at radius 3 is 2.56 bits per heavy atom. The van der Waals surface area contributed by atoms with E-state index >= 15 is 0 Å². The summed E-state index contributed by atoms with van der Waals surface area (Å²) in [5.74, 6) is 0.688. The molecule has 0 aromatic heterocycles. The number of hydrogen-bond donors (Lipinski definition) is 0. The highest BCUT2D eigenvalue weighted by Crippen LogP contribution is 1.99. The van der Waals surface area contributed by atoms with Gasteiger partial charge in [0.15, 0.2) is 0 Å². The molecule has 9 heavy (non-hydrogen) atoms. The van der Waals surface area contributed by atoms with Gasteiger partial charge in [0.1, 0.15) is 0 Å². The van der Waals surface area contributed by atoms with E-state index in [0.717, 1.165) is 6.42 Å². The van der Waals surface area contributed by atoms with E-state index in [0.29, 0.717) is 5.92 Å². The minimum absolute atomic E-state index is 0.688. The first-order chi connectivity index (χ1) is 4.31. The van der Waals surface area contributed by atoms with Crippen molar-refractivity contribution in [1.82, 2.24) is 0 Å². The number of rotatable bonds is 3. The fourth-order valence-corrected chi connectivity index (χ4v) is 0.468. The lowest BCUT2D eigenvalue weighted by atomic mass is 10.1. The number of allylic oxidation sites excluding steroid dienone is 1. The summed E-state index contributed by atoms with van der Waals surface area (Å²) in [6.45, 7) is 6.52. The minimum Gasteiger partial charge on any atom is -0.129 e. The van der Waals surface area contributed by atoms with Crippen LogP contribution in [0, 0.1) is 5.92 Å². The van der Waals surface area contributed by atoms with Gasteiger partial charge in [0, 0.05) is 0 Å². The van der Waals surface area contributed by atoms with Gasteiger partial charge in [0.05, 0.1) is 0 Å². The summed E-state index contributed by atoms with van der Waals surface area (Å²) >= 11 is 0. The van der Waals surface area contributed by atoms with Crippen molar-refractivity contribution in [1.29, 1.82) is 0 Å². The average molecular weight is 124 g/mol. The van der Waals surface area contributed by atoms with Gasteiger partial charge in [-0.05, 0) is 30.9 Å². The standard InChI is InChI=1S/C9H16/c1-4-6-7-8-9(3)5-2/h6,8-9H,4-5H2,1-3H3. The van der Waals surface area contributed by atoms with Crippen LogP contribution in [0.2, 0.25) is 0 Å². The highest BCUT2D eigenvalue weighted by atomic mass is 13.9. The molecule has 0 aliphatic rings. The van der Waals surface area contributed by atoms with Gasteiger partial charge in [0.25, 0.3) is 0 Å². The summed E-state index contributed by atoms with van der Waals surface area (Å²) < 4.78 is 0. The van der Waals surface area contributed by atoms with E-state index in [-0.39, 0.29) is 0 Å². The van der Waals surface area contributed by atoms with E-state index < -0.39 is 0 Å². The van der Waals surface area contributed by atoms with Crippen LogP contribution in [0.15, 0.2) is 17.9 Å². The van der Waals surface area contributed by atoms with Gasteiger partial charge >= 0.3 is 0 Å². The van der Waals surface area contributed by atoms with Crippen molar-refractivity contribution < 1.29 is 0 Å². The van der Waals surface area contributed by atoms with E-state index in [1.54, 1.807) is 0 Å². The Bertz CT molecular complexity index is 105. The molecule has 0 rings (SSSR count). The van der Waals surface area contributed by atoms with Gasteiger partial charge in [-0.1, -0.05) is 20.8 Å². The lowest BCUT2D eigenvalue weighted by molar-refractivity contribution is 0.699. The van der Waals surface area contributed by atoms with Crippen LogP contribution in [-0.2, 0) is 0 Å². The fourth-order valence-electron chi connectivity index (χ4n) is 0.468. The quantitative estimate of drug-likeness (QED) is 0.507. The molecule has 0 aliphatic heterocycles. The lowest BCUT2D eigenvalue weighted by Crippen LogP contribution is -1.81. The van der Waals surface area contributed by atoms with Gasteiger partial charge in [-0.2, -0.15) is 0 Å². The molecule has 0 aliphatic carbocycles. The maximum Gasteiger partial charge on any atom is -0.0189 e. The molecule has 1 unspecified atom stereocenters. The molecule has 0 nitrogen and oxygen atoms in total. The van der Waals surface area contributed by atoms with Gasteiger partial charge in [-0.25, -0.2) is 0 Å². The molecule has 0 saturated carbocycles.